The minimum atomic E-state index is -0.688. The van der Waals surface area contributed by atoms with E-state index in [1.165, 1.54) is 12.1 Å². The Morgan fingerprint density at radius 2 is 1.71 bits per heavy atom. The third-order valence-electron chi connectivity index (χ3n) is 1.93. The van der Waals surface area contributed by atoms with E-state index in [0.29, 0.717) is 5.69 Å². The molecule has 1 N–H and O–H groups in total. The Bertz CT molecular complexity index is 669. The average Bonchev–Trinajstić information content (AvgIpc) is 2.25. The van der Waals surface area contributed by atoms with Gasteiger partial charge in [-0.25, -0.2) is 4.79 Å². The number of halogens is 3. The number of aromatic amines is 1. The van der Waals surface area contributed by atoms with Gasteiger partial charge in [-0.2, -0.15) is 9.78 Å². The van der Waals surface area contributed by atoms with Crippen LogP contribution < -0.4 is 11.2 Å². The summed E-state index contributed by atoms with van der Waals surface area (Å²) in [6.07, 6.45) is 0.970. The van der Waals surface area contributed by atoms with Gasteiger partial charge in [0.1, 0.15) is 6.20 Å². The smallest absolute Gasteiger partial charge is 0.271 e. The highest BCUT2D eigenvalue weighted by Gasteiger charge is 2.09. The molecule has 0 aliphatic heterocycles. The van der Waals surface area contributed by atoms with E-state index in [1.54, 1.807) is 0 Å². The van der Waals surface area contributed by atoms with Crippen molar-refractivity contribution in [3.05, 3.63) is 54.2 Å². The lowest BCUT2D eigenvalue weighted by atomic mass is 10.3. The molecule has 1 heterocycles. The van der Waals surface area contributed by atoms with Gasteiger partial charge in [-0.15, -0.1) is 0 Å². The van der Waals surface area contributed by atoms with Crippen LogP contribution in [0, 0.1) is 0 Å². The van der Waals surface area contributed by atoms with Gasteiger partial charge >= 0.3 is 5.69 Å². The van der Waals surface area contributed by atoms with E-state index in [2.05, 4.69) is 10.1 Å². The zero-order valence-corrected chi connectivity index (χ0v) is 10.3. The molecular formula is C9H4Cl3N3O2. The van der Waals surface area contributed by atoms with Gasteiger partial charge in [-0.1, -0.05) is 34.8 Å². The molecule has 0 radical (unpaired) electrons. The Morgan fingerprint density at radius 3 is 2.24 bits per heavy atom. The number of benzene rings is 1. The second kappa shape index (κ2) is 4.52. The van der Waals surface area contributed by atoms with E-state index >= 15 is 0 Å². The summed E-state index contributed by atoms with van der Waals surface area (Å²) < 4.78 is 0.954. The molecule has 0 atom stereocenters. The minimum Gasteiger partial charge on any atom is -0.271 e. The van der Waals surface area contributed by atoms with Gasteiger partial charge in [0.25, 0.3) is 5.56 Å². The Kier molecular flexibility index (Phi) is 3.24. The first kappa shape index (κ1) is 12.2. The topological polar surface area (TPSA) is 67.8 Å². The van der Waals surface area contributed by atoms with Crippen LogP contribution in [0.15, 0.2) is 27.9 Å². The molecule has 2 rings (SSSR count). The third kappa shape index (κ3) is 2.36. The van der Waals surface area contributed by atoms with Crippen molar-refractivity contribution in [1.82, 2.24) is 14.8 Å². The lowest BCUT2D eigenvalue weighted by Crippen LogP contribution is -2.30. The highest BCUT2D eigenvalue weighted by molar-refractivity contribution is 6.48. The monoisotopic (exact) mass is 291 g/mol. The van der Waals surface area contributed by atoms with Crippen LogP contribution in [0.2, 0.25) is 15.1 Å². The first-order valence-electron chi connectivity index (χ1n) is 4.32. The number of rotatable bonds is 1. The number of hydrogen-bond acceptors (Lipinski definition) is 3. The summed E-state index contributed by atoms with van der Waals surface area (Å²) in [5, 5.41) is 4.23. The summed E-state index contributed by atoms with van der Waals surface area (Å²) in [6.45, 7) is 0. The Labute approximate surface area is 110 Å². The second-order valence-corrected chi connectivity index (χ2v) is 4.27. The lowest BCUT2D eigenvalue weighted by molar-refractivity contribution is 0.750. The maximum Gasteiger partial charge on any atom is 0.349 e. The highest BCUT2D eigenvalue weighted by Crippen LogP contribution is 2.31. The second-order valence-electron chi connectivity index (χ2n) is 3.07. The molecular weight excluding hydrogens is 288 g/mol. The molecule has 0 unspecified atom stereocenters. The molecule has 2 aromatic rings. The van der Waals surface area contributed by atoms with Crippen LogP contribution in [0.3, 0.4) is 0 Å². The fraction of sp³-hybridized carbons (Fsp3) is 0. The molecule has 0 spiro atoms. The van der Waals surface area contributed by atoms with Crippen LogP contribution in [-0.2, 0) is 0 Å². The number of nitrogens with one attached hydrogen (secondary N) is 1. The van der Waals surface area contributed by atoms with Crippen molar-refractivity contribution in [1.29, 1.82) is 0 Å². The average molecular weight is 293 g/mol. The van der Waals surface area contributed by atoms with Gasteiger partial charge in [0.05, 0.1) is 20.8 Å². The van der Waals surface area contributed by atoms with Gasteiger partial charge in [-0.05, 0) is 12.1 Å². The van der Waals surface area contributed by atoms with Crippen molar-refractivity contribution < 1.29 is 0 Å². The summed E-state index contributed by atoms with van der Waals surface area (Å²) in [6, 6.07) is 2.84. The van der Waals surface area contributed by atoms with Gasteiger partial charge in [-0.3, -0.25) is 9.78 Å². The van der Waals surface area contributed by atoms with Crippen molar-refractivity contribution in [2.45, 2.75) is 0 Å². The fourth-order valence-corrected chi connectivity index (χ4v) is 1.79. The van der Waals surface area contributed by atoms with Crippen LogP contribution in [-0.4, -0.2) is 14.8 Å². The number of nitrogens with zero attached hydrogens (tertiary/aromatic N) is 2. The number of H-pyrrole nitrogens is 1. The quantitative estimate of drug-likeness (QED) is 0.816. The molecule has 5 nitrogen and oxygen atoms in total. The van der Waals surface area contributed by atoms with Gasteiger partial charge in [0.15, 0.2) is 0 Å². The summed E-state index contributed by atoms with van der Waals surface area (Å²) >= 11 is 17.4. The van der Waals surface area contributed by atoms with E-state index in [4.69, 9.17) is 34.8 Å². The molecule has 0 fully saturated rings. The predicted octanol–water partition coefficient (Wildman–Crippen LogP) is 1.88. The van der Waals surface area contributed by atoms with Crippen molar-refractivity contribution in [2.75, 3.05) is 0 Å². The van der Waals surface area contributed by atoms with Crippen LogP contribution in [0.1, 0.15) is 0 Å². The molecule has 0 aliphatic rings. The molecule has 0 saturated carbocycles. The van der Waals surface area contributed by atoms with Crippen LogP contribution in [0.5, 0.6) is 0 Å². The Morgan fingerprint density at radius 1 is 1.12 bits per heavy atom. The zero-order chi connectivity index (χ0) is 12.6. The van der Waals surface area contributed by atoms with E-state index in [9.17, 15) is 9.59 Å². The normalized spacial score (nSPS) is 10.5. The van der Waals surface area contributed by atoms with Crippen molar-refractivity contribution in [3.63, 3.8) is 0 Å². The van der Waals surface area contributed by atoms with Crippen LogP contribution in [0.4, 0.5) is 0 Å². The van der Waals surface area contributed by atoms with E-state index in [1.807, 2.05) is 0 Å². The van der Waals surface area contributed by atoms with Gasteiger partial charge < -0.3 is 0 Å². The summed E-state index contributed by atoms with van der Waals surface area (Å²) in [7, 11) is 0. The molecule has 0 amide bonds. The molecule has 1 aromatic heterocycles. The van der Waals surface area contributed by atoms with Gasteiger partial charge in [0.2, 0.25) is 0 Å². The first-order valence-corrected chi connectivity index (χ1v) is 5.46. The summed E-state index contributed by atoms with van der Waals surface area (Å²) in [4.78, 5) is 24.4. The molecule has 1 aromatic carbocycles. The van der Waals surface area contributed by atoms with Gasteiger partial charge in [0, 0.05) is 0 Å². The number of aromatic nitrogens is 3. The minimum absolute atomic E-state index is 0.189. The Balaban J connectivity index is 2.69. The summed E-state index contributed by atoms with van der Waals surface area (Å²) in [5.74, 6) is 0. The van der Waals surface area contributed by atoms with Crippen molar-refractivity contribution >= 4 is 34.8 Å². The van der Waals surface area contributed by atoms with E-state index < -0.39 is 11.2 Å². The van der Waals surface area contributed by atoms with Crippen molar-refractivity contribution in [3.8, 4) is 5.69 Å². The fourth-order valence-electron chi connectivity index (χ4n) is 1.20. The number of hydrogen-bond donors (Lipinski definition) is 1. The maximum atomic E-state index is 11.5. The summed E-state index contributed by atoms with van der Waals surface area (Å²) in [5.41, 5.74) is -0.963. The maximum absolute atomic E-state index is 11.5. The molecule has 0 bridgehead atoms. The molecule has 17 heavy (non-hydrogen) atoms. The predicted molar refractivity (Wildman–Crippen MR) is 65.5 cm³/mol. The van der Waals surface area contributed by atoms with Crippen molar-refractivity contribution in [2.24, 2.45) is 0 Å². The lowest BCUT2D eigenvalue weighted by Gasteiger charge is -2.05. The highest BCUT2D eigenvalue weighted by atomic mass is 35.5. The molecule has 8 heteroatoms. The largest absolute Gasteiger partial charge is 0.349 e. The molecule has 0 aliphatic carbocycles. The first-order chi connectivity index (χ1) is 7.99. The zero-order valence-electron chi connectivity index (χ0n) is 8.08. The molecule has 88 valence electrons. The van der Waals surface area contributed by atoms with Crippen LogP contribution >= 0.6 is 34.8 Å². The SMILES string of the molecule is O=c1cnn(-c2cc(Cl)c(Cl)c(Cl)c2)c(=O)[nH]1. The van der Waals surface area contributed by atoms with Crippen LogP contribution in [0.25, 0.3) is 5.69 Å². The molecule has 0 saturated heterocycles. The Hall–Kier alpha value is -1.30. The third-order valence-corrected chi connectivity index (χ3v) is 3.12. The standard InChI is InChI=1S/C9H4Cl3N3O2/c10-5-1-4(2-6(11)8(5)12)15-9(17)14-7(16)3-13-15/h1-3H,(H,14,16,17). The van der Waals surface area contributed by atoms with E-state index in [0.717, 1.165) is 10.9 Å². The van der Waals surface area contributed by atoms with E-state index in [-0.39, 0.29) is 15.1 Å².